The number of carbonyl (C=O) groups excluding carboxylic acids is 1. The van der Waals surface area contributed by atoms with E-state index in [0.29, 0.717) is 25.9 Å². The van der Waals surface area contributed by atoms with E-state index in [4.69, 9.17) is 5.73 Å². The lowest BCUT2D eigenvalue weighted by molar-refractivity contribution is -0.118. The highest BCUT2D eigenvalue weighted by molar-refractivity contribution is 5.73. The third-order valence-electron chi connectivity index (χ3n) is 2.12. The molecule has 1 aliphatic rings. The summed E-state index contributed by atoms with van der Waals surface area (Å²) < 4.78 is 12.8. The van der Waals surface area contributed by atoms with E-state index >= 15 is 0 Å². The number of nitrogens with two attached hydrogens (primary N) is 1. The predicted octanol–water partition coefficient (Wildman–Crippen LogP) is 0.296. The lowest BCUT2D eigenvalue weighted by atomic mass is 10.1. The maximum Gasteiger partial charge on any atom is 0.218 e. The Labute approximate surface area is 71.7 Å². The molecule has 0 aromatic carbocycles. The third kappa shape index (κ3) is 3.17. The zero-order chi connectivity index (χ0) is 8.97. The van der Waals surface area contributed by atoms with Gasteiger partial charge >= 0.3 is 0 Å². The summed E-state index contributed by atoms with van der Waals surface area (Å²) in [6.07, 6.45) is 1.17. The predicted molar refractivity (Wildman–Crippen MR) is 44.4 cm³/mol. The molecule has 0 aromatic heterocycles. The van der Waals surface area contributed by atoms with Crippen LogP contribution < -0.4 is 5.73 Å². The van der Waals surface area contributed by atoms with Gasteiger partial charge in [0.05, 0.1) is 0 Å². The van der Waals surface area contributed by atoms with Crippen molar-refractivity contribution >= 4 is 5.91 Å². The van der Waals surface area contributed by atoms with Gasteiger partial charge in [0.25, 0.3) is 0 Å². The summed E-state index contributed by atoms with van der Waals surface area (Å²) in [5.41, 5.74) is 4.98. The lowest BCUT2D eigenvalue weighted by Crippen LogP contribution is -2.38. The summed E-state index contributed by atoms with van der Waals surface area (Å²) in [6, 6.07) is 0. The average molecular weight is 174 g/mol. The summed E-state index contributed by atoms with van der Waals surface area (Å²) in [5.74, 6) is -0.309. The first-order chi connectivity index (χ1) is 5.68. The molecule has 1 fully saturated rings. The van der Waals surface area contributed by atoms with Crippen molar-refractivity contribution in [3.8, 4) is 0 Å². The fourth-order valence-corrected chi connectivity index (χ4v) is 1.47. The van der Waals surface area contributed by atoms with Crippen LogP contribution in [-0.4, -0.2) is 36.6 Å². The van der Waals surface area contributed by atoms with Crippen LogP contribution in [0.4, 0.5) is 4.39 Å². The number of hydrogen-bond acceptors (Lipinski definition) is 2. The van der Waals surface area contributed by atoms with Crippen LogP contribution in [0.3, 0.4) is 0 Å². The highest BCUT2D eigenvalue weighted by Crippen LogP contribution is 2.12. The monoisotopic (exact) mass is 174 g/mol. The van der Waals surface area contributed by atoms with Gasteiger partial charge in [-0.25, -0.2) is 4.39 Å². The van der Waals surface area contributed by atoms with Gasteiger partial charge in [0.2, 0.25) is 5.91 Å². The second kappa shape index (κ2) is 4.40. The van der Waals surface area contributed by atoms with Gasteiger partial charge in [0.15, 0.2) is 0 Å². The molecule has 3 nitrogen and oxygen atoms in total. The molecular formula is C8H15FN2O. The van der Waals surface area contributed by atoms with Crippen LogP contribution in [0.2, 0.25) is 0 Å². The van der Waals surface area contributed by atoms with Gasteiger partial charge in [-0.2, -0.15) is 0 Å². The number of nitrogens with zero attached hydrogens (tertiary/aromatic N) is 1. The van der Waals surface area contributed by atoms with Crippen molar-refractivity contribution in [1.29, 1.82) is 0 Å². The topological polar surface area (TPSA) is 46.3 Å². The number of halogens is 1. The minimum Gasteiger partial charge on any atom is -0.370 e. The van der Waals surface area contributed by atoms with Crippen molar-refractivity contribution in [2.45, 2.75) is 25.4 Å². The van der Waals surface area contributed by atoms with E-state index in [9.17, 15) is 9.18 Å². The second-order valence-electron chi connectivity index (χ2n) is 3.26. The molecule has 4 heteroatoms. The Balaban J connectivity index is 2.18. The molecule has 1 amide bonds. The van der Waals surface area contributed by atoms with E-state index in [2.05, 4.69) is 0 Å². The molecule has 0 bridgehead atoms. The van der Waals surface area contributed by atoms with Gasteiger partial charge in [0.1, 0.15) is 6.17 Å². The Hall–Kier alpha value is -0.640. The highest BCUT2D eigenvalue weighted by Gasteiger charge is 2.18. The number of alkyl halides is 1. The number of likely N-dealkylation sites (tertiary alicyclic amines) is 1. The van der Waals surface area contributed by atoms with Crippen LogP contribution >= 0.6 is 0 Å². The molecule has 1 heterocycles. The SMILES string of the molecule is NC(=O)CCN1CCC[C@@H](F)C1. The van der Waals surface area contributed by atoms with Crippen LogP contribution in [0, 0.1) is 0 Å². The Morgan fingerprint density at radius 1 is 1.67 bits per heavy atom. The van der Waals surface area contributed by atoms with Crippen molar-refractivity contribution in [3.05, 3.63) is 0 Å². The van der Waals surface area contributed by atoms with E-state index < -0.39 is 6.17 Å². The number of carbonyl (C=O) groups is 1. The van der Waals surface area contributed by atoms with Crippen LogP contribution in [0.1, 0.15) is 19.3 Å². The summed E-state index contributed by atoms with van der Waals surface area (Å²) in [6.45, 7) is 1.97. The first-order valence-corrected chi connectivity index (χ1v) is 4.33. The number of primary amides is 1. The normalized spacial score (nSPS) is 25.6. The van der Waals surface area contributed by atoms with Crippen molar-refractivity contribution in [3.63, 3.8) is 0 Å². The lowest BCUT2D eigenvalue weighted by Gasteiger charge is -2.28. The van der Waals surface area contributed by atoms with Gasteiger partial charge in [0, 0.05) is 19.5 Å². The number of piperidine rings is 1. The van der Waals surface area contributed by atoms with Gasteiger partial charge < -0.3 is 5.73 Å². The van der Waals surface area contributed by atoms with E-state index in [1.54, 1.807) is 0 Å². The number of amides is 1. The zero-order valence-electron chi connectivity index (χ0n) is 7.13. The second-order valence-corrected chi connectivity index (χ2v) is 3.26. The van der Waals surface area contributed by atoms with Crippen LogP contribution in [0.25, 0.3) is 0 Å². The summed E-state index contributed by atoms with van der Waals surface area (Å²) >= 11 is 0. The summed E-state index contributed by atoms with van der Waals surface area (Å²) in [7, 11) is 0. The minimum absolute atomic E-state index is 0.309. The third-order valence-corrected chi connectivity index (χ3v) is 2.12. The Kier molecular flexibility index (Phi) is 3.47. The van der Waals surface area contributed by atoms with E-state index in [1.165, 1.54) is 0 Å². The van der Waals surface area contributed by atoms with Gasteiger partial charge in [-0.15, -0.1) is 0 Å². The van der Waals surface area contributed by atoms with Crippen molar-refractivity contribution in [1.82, 2.24) is 4.90 Å². The number of rotatable bonds is 3. The molecule has 0 radical (unpaired) electrons. The molecule has 0 saturated carbocycles. The smallest absolute Gasteiger partial charge is 0.218 e. The Morgan fingerprint density at radius 2 is 2.42 bits per heavy atom. The van der Waals surface area contributed by atoms with Gasteiger partial charge in [-0.1, -0.05) is 0 Å². The van der Waals surface area contributed by atoms with E-state index in [-0.39, 0.29) is 5.91 Å². The van der Waals surface area contributed by atoms with E-state index in [0.717, 1.165) is 13.0 Å². The van der Waals surface area contributed by atoms with Crippen molar-refractivity contribution in [2.75, 3.05) is 19.6 Å². The minimum atomic E-state index is -0.716. The maximum absolute atomic E-state index is 12.8. The largest absolute Gasteiger partial charge is 0.370 e. The molecule has 2 N–H and O–H groups in total. The first kappa shape index (κ1) is 9.45. The van der Waals surface area contributed by atoms with Crippen molar-refractivity contribution < 1.29 is 9.18 Å². The average Bonchev–Trinajstić information content (AvgIpc) is 2.01. The molecule has 70 valence electrons. The summed E-state index contributed by atoms with van der Waals surface area (Å²) in [4.78, 5) is 12.4. The molecule has 0 spiro atoms. The van der Waals surface area contributed by atoms with Crippen LogP contribution in [0.15, 0.2) is 0 Å². The zero-order valence-corrected chi connectivity index (χ0v) is 7.13. The number of hydrogen-bond donors (Lipinski definition) is 1. The molecule has 0 aliphatic carbocycles. The van der Waals surface area contributed by atoms with E-state index in [1.807, 2.05) is 4.90 Å². The first-order valence-electron chi connectivity index (χ1n) is 4.33. The maximum atomic E-state index is 12.8. The standard InChI is InChI=1S/C8H15FN2O/c9-7-2-1-4-11(6-7)5-3-8(10)12/h7H,1-6H2,(H2,10,12)/t7-/m1/s1. The molecule has 1 saturated heterocycles. The quantitative estimate of drug-likeness (QED) is 0.668. The fraction of sp³-hybridized carbons (Fsp3) is 0.875. The Morgan fingerprint density at radius 3 is 3.00 bits per heavy atom. The molecule has 0 unspecified atom stereocenters. The molecule has 12 heavy (non-hydrogen) atoms. The van der Waals surface area contributed by atoms with Gasteiger partial charge in [-0.05, 0) is 19.4 Å². The van der Waals surface area contributed by atoms with Gasteiger partial charge in [-0.3, -0.25) is 9.69 Å². The molecular weight excluding hydrogens is 159 g/mol. The van der Waals surface area contributed by atoms with Crippen LogP contribution in [0.5, 0.6) is 0 Å². The summed E-state index contributed by atoms with van der Waals surface area (Å²) in [5, 5.41) is 0. The molecule has 0 aromatic rings. The highest BCUT2D eigenvalue weighted by atomic mass is 19.1. The van der Waals surface area contributed by atoms with Crippen LogP contribution in [-0.2, 0) is 4.79 Å². The Bertz CT molecular complexity index is 163. The molecule has 1 rings (SSSR count). The van der Waals surface area contributed by atoms with Crippen molar-refractivity contribution in [2.24, 2.45) is 5.73 Å². The fourth-order valence-electron chi connectivity index (χ4n) is 1.47. The molecule has 1 atom stereocenters. The molecule has 1 aliphatic heterocycles.